The minimum Gasteiger partial charge on any atom is -0.466 e. The molecule has 0 aromatic rings. The molecule has 7 nitrogen and oxygen atoms in total. The predicted octanol–water partition coefficient (Wildman–Crippen LogP) is -1.51. The molecule has 0 aliphatic heterocycles. The molecule has 0 radical (unpaired) electrons. The molecule has 6 N–H and O–H groups in total. The Morgan fingerprint density at radius 3 is 2.06 bits per heavy atom. The van der Waals surface area contributed by atoms with E-state index in [9.17, 15) is 9.59 Å². The largest absolute Gasteiger partial charge is 0.466 e. The summed E-state index contributed by atoms with van der Waals surface area (Å²) in [7, 11) is 0. The highest BCUT2D eigenvalue weighted by atomic mass is 16.5. The third-order valence-corrected chi connectivity index (χ3v) is 1.89. The highest BCUT2D eigenvalue weighted by Gasteiger charge is 2.19. The molecule has 0 bridgehead atoms. The Bertz CT molecular complexity index is 236. The van der Waals surface area contributed by atoms with Crippen molar-refractivity contribution < 1.29 is 19.1 Å². The first-order chi connectivity index (χ1) is 8.11. The zero-order chi connectivity index (χ0) is 13.1. The molecule has 0 saturated heterocycles. The molecule has 100 valence electrons. The Balaban J connectivity index is 3.71. The number of carbonyl (C=O) groups excluding carboxylic acids is 2. The van der Waals surface area contributed by atoms with Gasteiger partial charge in [-0.3, -0.25) is 9.59 Å². The number of esters is 2. The summed E-state index contributed by atoms with van der Waals surface area (Å²) < 4.78 is 9.60. The van der Waals surface area contributed by atoms with Gasteiger partial charge in [-0.2, -0.15) is 0 Å². The lowest BCUT2D eigenvalue weighted by Gasteiger charge is -2.10. The maximum atomic E-state index is 11.3. The first kappa shape index (κ1) is 15.8. The standard InChI is InChI=1S/C10H21N3O4/c11-3-1-5-16-9(14)7-8(13)10(15)17-6-2-4-12/h8H,1-7,11-13H2/t8-/m0/s1. The number of carbonyl (C=O) groups is 2. The molecule has 0 aliphatic rings. The van der Waals surface area contributed by atoms with Crippen LogP contribution in [0.1, 0.15) is 19.3 Å². The van der Waals surface area contributed by atoms with Gasteiger partial charge in [0.05, 0.1) is 19.6 Å². The SMILES string of the molecule is NCCCOC(=O)C[C@H](N)C(=O)OCCCN. The second kappa shape index (κ2) is 10.0. The van der Waals surface area contributed by atoms with Crippen molar-refractivity contribution in [3.8, 4) is 0 Å². The summed E-state index contributed by atoms with van der Waals surface area (Å²) in [5.74, 6) is -1.14. The fraction of sp³-hybridized carbons (Fsp3) is 0.800. The molecule has 1 atom stereocenters. The lowest BCUT2D eigenvalue weighted by atomic mass is 10.2. The topological polar surface area (TPSA) is 131 Å². The van der Waals surface area contributed by atoms with E-state index in [1.165, 1.54) is 0 Å². The minimum atomic E-state index is -0.988. The van der Waals surface area contributed by atoms with Crippen LogP contribution in [-0.2, 0) is 19.1 Å². The van der Waals surface area contributed by atoms with Gasteiger partial charge in [0.2, 0.25) is 0 Å². The maximum absolute atomic E-state index is 11.3. The van der Waals surface area contributed by atoms with E-state index in [2.05, 4.69) is 0 Å². The lowest BCUT2D eigenvalue weighted by molar-refractivity contribution is -0.151. The first-order valence-corrected chi connectivity index (χ1v) is 5.59. The minimum absolute atomic E-state index is 0.188. The Morgan fingerprint density at radius 2 is 1.53 bits per heavy atom. The van der Waals surface area contributed by atoms with Gasteiger partial charge in [0.1, 0.15) is 6.04 Å². The molecule has 17 heavy (non-hydrogen) atoms. The van der Waals surface area contributed by atoms with Crippen LogP contribution in [0.25, 0.3) is 0 Å². The summed E-state index contributed by atoms with van der Waals surface area (Å²) >= 11 is 0. The maximum Gasteiger partial charge on any atom is 0.323 e. The number of rotatable bonds is 9. The molecule has 0 saturated carbocycles. The van der Waals surface area contributed by atoms with E-state index >= 15 is 0 Å². The van der Waals surface area contributed by atoms with E-state index in [-0.39, 0.29) is 19.6 Å². The molecule has 0 heterocycles. The highest BCUT2D eigenvalue weighted by molar-refractivity contribution is 5.82. The first-order valence-electron chi connectivity index (χ1n) is 5.59. The molecule has 0 aliphatic carbocycles. The number of hydrogen-bond donors (Lipinski definition) is 3. The molecular weight excluding hydrogens is 226 g/mol. The van der Waals surface area contributed by atoms with Gasteiger partial charge in [0.15, 0.2) is 0 Å². The molecule has 7 heteroatoms. The molecule has 0 rings (SSSR count). The van der Waals surface area contributed by atoms with Gasteiger partial charge in [0, 0.05) is 0 Å². The van der Waals surface area contributed by atoms with E-state index in [0.29, 0.717) is 25.9 Å². The monoisotopic (exact) mass is 247 g/mol. The van der Waals surface area contributed by atoms with Crippen molar-refractivity contribution in [1.29, 1.82) is 0 Å². The quantitative estimate of drug-likeness (QED) is 0.333. The zero-order valence-electron chi connectivity index (χ0n) is 9.89. The molecule has 0 aromatic carbocycles. The van der Waals surface area contributed by atoms with Gasteiger partial charge in [-0.15, -0.1) is 0 Å². The molecule has 0 unspecified atom stereocenters. The van der Waals surface area contributed by atoms with Gasteiger partial charge < -0.3 is 26.7 Å². The van der Waals surface area contributed by atoms with Gasteiger partial charge in [0.25, 0.3) is 0 Å². The van der Waals surface area contributed by atoms with Crippen LogP contribution >= 0.6 is 0 Å². The van der Waals surface area contributed by atoms with Crippen LogP contribution in [0.15, 0.2) is 0 Å². The van der Waals surface area contributed by atoms with Crippen molar-refractivity contribution >= 4 is 11.9 Å². The lowest BCUT2D eigenvalue weighted by Crippen LogP contribution is -2.35. The van der Waals surface area contributed by atoms with Crippen LogP contribution in [0, 0.1) is 0 Å². The van der Waals surface area contributed by atoms with E-state index < -0.39 is 18.0 Å². The van der Waals surface area contributed by atoms with Gasteiger partial charge >= 0.3 is 11.9 Å². The molecule has 0 amide bonds. The van der Waals surface area contributed by atoms with E-state index in [1.54, 1.807) is 0 Å². The second-order valence-electron chi connectivity index (χ2n) is 3.48. The summed E-state index contributed by atoms with van der Waals surface area (Å²) in [6.07, 6.45) is 0.966. The van der Waals surface area contributed by atoms with Crippen molar-refractivity contribution in [2.24, 2.45) is 17.2 Å². The third-order valence-electron chi connectivity index (χ3n) is 1.89. The predicted molar refractivity (Wildman–Crippen MR) is 61.9 cm³/mol. The second-order valence-corrected chi connectivity index (χ2v) is 3.48. The molecule has 0 aromatic heterocycles. The van der Waals surface area contributed by atoms with Gasteiger partial charge in [-0.05, 0) is 25.9 Å². The van der Waals surface area contributed by atoms with E-state index in [4.69, 9.17) is 26.7 Å². The molecular formula is C10H21N3O4. The van der Waals surface area contributed by atoms with Crippen LogP contribution in [0.2, 0.25) is 0 Å². The third kappa shape index (κ3) is 8.61. The zero-order valence-corrected chi connectivity index (χ0v) is 9.89. The van der Waals surface area contributed by atoms with Crippen LogP contribution in [0.5, 0.6) is 0 Å². The molecule has 0 fully saturated rings. The average Bonchev–Trinajstić information content (AvgIpc) is 2.29. The number of hydrogen-bond acceptors (Lipinski definition) is 7. The van der Waals surface area contributed by atoms with Gasteiger partial charge in [-0.25, -0.2) is 0 Å². The Kier molecular flexibility index (Phi) is 9.31. The van der Waals surface area contributed by atoms with Crippen molar-refractivity contribution in [3.63, 3.8) is 0 Å². The van der Waals surface area contributed by atoms with Gasteiger partial charge in [-0.1, -0.05) is 0 Å². The van der Waals surface area contributed by atoms with E-state index in [1.807, 2.05) is 0 Å². The number of ether oxygens (including phenoxy) is 2. The highest BCUT2D eigenvalue weighted by Crippen LogP contribution is 1.96. The van der Waals surface area contributed by atoms with Crippen molar-refractivity contribution in [3.05, 3.63) is 0 Å². The number of nitrogens with two attached hydrogens (primary N) is 3. The Labute approximate surface area is 101 Å². The normalized spacial score (nSPS) is 11.9. The Morgan fingerprint density at radius 1 is 1.00 bits per heavy atom. The Hall–Kier alpha value is -1.18. The van der Waals surface area contributed by atoms with Crippen molar-refractivity contribution in [1.82, 2.24) is 0 Å². The summed E-state index contributed by atoms with van der Waals surface area (Å²) in [4.78, 5) is 22.5. The summed E-state index contributed by atoms with van der Waals surface area (Å²) in [5.41, 5.74) is 15.9. The van der Waals surface area contributed by atoms with Crippen LogP contribution in [0.3, 0.4) is 0 Å². The van der Waals surface area contributed by atoms with Crippen LogP contribution in [0.4, 0.5) is 0 Å². The fourth-order valence-corrected chi connectivity index (χ4v) is 0.954. The average molecular weight is 247 g/mol. The van der Waals surface area contributed by atoms with Crippen molar-refractivity contribution in [2.45, 2.75) is 25.3 Å². The molecule has 0 spiro atoms. The van der Waals surface area contributed by atoms with Crippen LogP contribution < -0.4 is 17.2 Å². The summed E-state index contributed by atoms with van der Waals surface area (Å²) in [5, 5.41) is 0. The van der Waals surface area contributed by atoms with Crippen molar-refractivity contribution in [2.75, 3.05) is 26.3 Å². The fourth-order valence-electron chi connectivity index (χ4n) is 0.954. The summed E-state index contributed by atoms with van der Waals surface area (Å²) in [6.45, 7) is 1.33. The van der Waals surface area contributed by atoms with Crippen LogP contribution in [-0.4, -0.2) is 44.3 Å². The summed E-state index contributed by atoms with van der Waals surface area (Å²) in [6, 6.07) is -0.988. The smallest absolute Gasteiger partial charge is 0.323 e. The van der Waals surface area contributed by atoms with E-state index in [0.717, 1.165) is 0 Å².